The molecule has 2 bridgehead atoms. The molecular weight excluding hydrogens is 403 g/mol. The van der Waals surface area contributed by atoms with Crippen molar-refractivity contribution in [3.8, 4) is 11.4 Å². The Hall–Kier alpha value is -3.33. The van der Waals surface area contributed by atoms with Crippen LogP contribution in [0.2, 0.25) is 11.6 Å². The Bertz CT molecular complexity index is 1190. The molecule has 5 heterocycles. The number of morpholine rings is 1. The maximum atomic E-state index is 12.1. The van der Waals surface area contributed by atoms with Gasteiger partial charge in [0.1, 0.15) is 18.6 Å². The first-order valence-electron chi connectivity index (χ1n) is 11.0. The van der Waals surface area contributed by atoms with Gasteiger partial charge >= 0.3 is 0 Å². The monoisotopic (exact) mass is 427 g/mol. The summed E-state index contributed by atoms with van der Waals surface area (Å²) in [5.74, 6) is 0.543. The number of H-pyrrole nitrogens is 1. The van der Waals surface area contributed by atoms with E-state index in [1.54, 1.807) is 6.20 Å². The summed E-state index contributed by atoms with van der Waals surface area (Å²) in [4.78, 5) is 27.0. The van der Waals surface area contributed by atoms with E-state index in [1.165, 1.54) is 5.69 Å². The Kier molecular flexibility index (Phi) is 4.64. The first-order valence-corrected chi connectivity index (χ1v) is 11.0. The number of fused-ring (bicyclic) bond motifs is 3. The van der Waals surface area contributed by atoms with E-state index in [2.05, 4.69) is 63.9 Å². The number of amides is 1. The van der Waals surface area contributed by atoms with Gasteiger partial charge in [-0.25, -0.2) is 9.97 Å². The number of imidazole rings is 1. The lowest BCUT2D eigenvalue weighted by Gasteiger charge is -2.28. The smallest absolute Gasteiger partial charge is 0.222 e. The number of benzene rings is 1. The number of pyridine rings is 1. The molecule has 9 heteroatoms. The zero-order chi connectivity index (χ0) is 21.7. The topological polar surface area (TPSA) is 109 Å². The van der Waals surface area contributed by atoms with Gasteiger partial charge in [0, 0.05) is 36.6 Å². The molecule has 2 fully saturated rings. The van der Waals surface area contributed by atoms with Crippen molar-refractivity contribution in [3.05, 3.63) is 48.7 Å². The van der Waals surface area contributed by atoms with Crippen LogP contribution in [0.5, 0.6) is 0 Å². The van der Waals surface area contributed by atoms with Crippen molar-refractivity contribution < 1.29 is 9.53 Å². The average molecular weight is 427 g/mol. The number of carbonyl (C=O) groups is 1. The standard InChI is InChI=1S/C23H24BN6O2/c25-21(31)18-15-5-6-16(24-15)19(18)27-17-7-8-26-23-20(17)28-22(29-23)13-1-3-14(4-2-13)30-9-11-32-12-10-30/h1-8,15-16,18-19H,9-12H2,(H2,25,31)(H2,26,27,28,29)/t15-,16+,18-,19+/m0/s1. The summed E-state index contributed by atoms with van der Waals surface area (Å²) in [6, 6.07) is 10.3. The van der Waals surface area contributed by atoms with Crippen molar-refractivity contribution in [2.24, 2.45) is 11.7 Å². The highest BCUT2D eigenvalue weighted by Crippen LogP contribution is 2.47. The number of ether oxygens (including phenoxy) is 1. The summed E-state index contributed by atoms with van der Waals surface area (Å²) < 4.78 is 5.44. The van der Waals surface area contributed by atoms with Crippen LogP contribution in [-0.2, 0) is 9.53 Å². The van der Waals surface area contributed by atoms with Gasteiger partial charge in [-0.05, 0) is 42.0 Å². The van der Waals surface area contributed by atoms with Crippen LogP contribution in [0.15, 0.2) is 48.7 Å². The fourth-order valence-corrected chi connectivity index (χ4v) is 5.15. The van der Waals surface area contributed by atoms with Gasteiger partial charge in [-0.2, -0.15) is 0 Å². The summed E-state index contributed by atoms with van der Waals surface area (Å²) in [5, 5.41) is 3.55. The minimum absolute atomic E-state index is 0.0624. The summed E-state index contributed by atoms with van der Waals surface area (Å²) in [6.45, 7) is 3.34. The molecule has 1 amide bonds. The minimum atomic E-state index is -0.272. The molecule has 1 aromatic carbocycles. The van der Waals surface area contributed by atoms with Gasteiger partial charge in [0.15, 0.2) is 5.65 Å². The van der Waals surface area contributed by atoms with Gasteiger partial charge in [-0.15, -0.1) is 0 Å². The first kappa shape index (κ1) is 19.4. The molecule has 0 aliphatic carbocycles. The second kappa shape index (κ2) is 7.67. The van der Waals surface area contributed by atoms with Crippen molar-refractivity contribution in [2.45, 2.75) is 17.7 Å². The van der Waals surface area contributed by atoms with Crippen molar-refractivity contribution in [1.82, 2.24) is 15.0 Å². The maximum Gasteiger partial charge on any atom is 0.222 e. The Morgan fingerprint density at radius 1 is 1.16 bits per heavy atom. The van der Waals surface area contributed by atoms with Crippen molar-refractivity contribution in [3.63, 3.8) is 0 Å². The summed E-state index contributed by atoms with van der Waals surface area (Å²) in [5.41, 5.74) is 10.2. The number of nitrogens with two attached hydrogens (primary N) is 1. The average Bonchev–Trinajstić information content (AvgIpc) is 3.55. The molecule has 32 heavy (non-hydrogen) atoms. The van der Waals surface area contributed by atoms with Gasteiger partial charge in [0.05, 0.1) is 24.8 Å². The molecule has 3 aromatic rings. The third-order valence-electron chi connectivity index (χ3n) is 6.78. The number of hydrogen-bond donors (Lipinski definition) is 3. The number of anilines is 2. The van der Waals surface area contributed by atoms with Crippen LogP contribution in [0, 0.1) is 5.92 Å². The second-order valence-electron chi connectivity index (χ2n) is 8.62. The molecule has 1 radical (unpaired) electrons. The van der Waals surface area contributed by atoms with Crippen molar-refractivity contribution in [1.29, 1.82) is 0 Å². The Morgan fingerprint density at radius 3 is 2.72 bits per heavy atom. The first-order chi connectivity index (χ1) is 15.7. The summed E-state index contributed by atoms with van der Waals surface area (Å²) in [7, 11) is 2.19. The van der Waals surface area contributed by atoms with E-state index in [9.17, 15) is 4.79 Å². The Labute approximate surface area is 186 Å². The highest BCUT2D eigenvalue weighted by Gasteiger charge is 2.48. The third-order valence-corrected chi connectivity index (χ3v) is 6.78. The van der Waals surface area contributed by atoms with Crippen LogP contribution in [0.1, 0.15) is 0 Å². The molecule has 3 aliphatic rings. The number of nitrogens with one attached hydrogen (secondary N) is 2. The van der Waals surface area contributed by atoms with Crippen LogP contribution < -0.4 is 16.0 Å². The van der Waals surface area contributed by atoms with Crippen LogP contribution in [-0.4, -0.2) is 60.5 Å². The van der Waals surface area contributed by atoms with E-state index in [0.717, 1.165) is 48.9 Å². The predicted molar refractivity (Wildman–Crippen MR) is 125 cm³/mol. The molecule has 2 aromatic heterocycles. The third kappa shape index (κ3) is 3.24. The maximum absolute atomic E-state index is 12.1. The highest BCUT2D eigenvalue weighted by atomic mass is 16.5. The van der Waals surface area contributed by atoms with Crippen molar-refractivity contribution >= 4 is 35.7 Å². The highest BCUT2D eigenvalue weighted by molar-refractivity contribution is 6.45. The second-order valence-corrected chi connectivity index (χ2v) is 8.62. The Balaban J connectivity index is 1.28. The van der Waals surface area contributed by atoms with E-state index in [-0.39, 0.29) is 29.5 Å². The number of allylic oxidation sites excluding steroid dienone is 1. The van der Waals surface area contributed by atoms with E-state index in [0.29, 0.717) is 5.65 Å². The molecule has 6 rings (SSSR count). The molecule has 0 spiro atoms. The lowest BCUT2D eigenvalue weighted by Crippen LogP contribution is -2.38. The van der Waals surface area contributed by atoms with Gasteiger partial charge in [0.2, 0.25) is 5.91 Å². The molecule has 2 saturated heterocycles. The minimum Gasteiger partial charge on any atom is -0.380 e. The van der Waals surface area contributed by atoms with Crippen LogP contribution in [0.4, 0.5) is 11.4 Å². The Morgan fingerprint density at radius 2 is 1.94 bits per heavy atom. The lowest BCUT2D eigenvalue weighted by atomic mass is 9.64. The SMILES string of the molecule is NC(=O)[C@@H]1[C@H](Nc2ccnc3nc(-c4ccc(N5CCOCC5)cc4)[nH]c23)[C@@H]2[B][C@H]1C=C2. The predicted octanol–water partition coefficient (Wildman–Crippen LogP) is 2.21. The fourth-order valence-electron chi connectivity index (χ4n) is 5.15. The van der Waals surface area contributed by atoms with Gasteiger partial charge in [-0.3, -0.25) is 4.79 Å². The molecule has 0 unspecified atom stereocenters. The number of hydrogen-bond acceptors (Lipinski definition) is 6. The van der Waals surface area contributed by atoms with Gasteiger partial charge < -0.3 is 25.7 Å². The molecule has 8 nitrogen and oxygen atoms in total. The van der Waals surface area contributed by atoms with Gasteiger partial charge in [0.25, 0.3) is 0 Å². The zero-order valence-corrected chi connectivity index (χ0v) is 17.6. The number of aromatic amines is 1. The van der Waals surface area contributed by atoms with Crippen molar-refractivity contribution in [2.75, 3.05) is 36.5 Å². The molecule has 0 saturated carbocycles. The largest absolute Gasteiger partial charge is 0.380 e. The number of aromatic nitrogens is 3. The van der Waals surface area contributed by atoms with Crippen LogP contribution in [0.25, 0.3) is 22.6 Å². The zero-order valence-electron chi connectivity index (χ0n) is 17.6. The van der Waals surface area contributed by atoms with E-state index >= 15 is 0 Å². The van der Waals surface area contributed by atoms with E-state index < -0.39 is 0 Å². The molecular formula is C23H24BN6O2. The van der Waals surface area contributed by atoms with Crippen LogP contribution in [0.3, 0.4) is 0 Å². The quantitative estimate of drug-likeness (QED) is 0.426. The number of primary amides is 1. The summed E-state index contributed by atoms with van der Waals surface area (Å²) >= 11 is 0. The number of rotatable bonds is 5. The van der Waals surface area contributed by atoms with Crippen LogP contribution >= 0.6 is 0 Å². The lowest BCUT2D eigenvalue weighted by molar-refractivity contribution is -0.121. The normalized spacial score (nSPS) is 26.4. The number of nitrogens with zero attached hydrogens (tertiary/aromatic N) is 3. The summed E-state index contributed by atoms with van der Waals surface area (Å²) in [6.07, 6.45) is 5.96. The molecule has 4 N–H and O–H groups in total. The van der Waals surface area contributed by atoms with E-state index in [4.69, 9.17) is 15.5 Å². The van der Waals surface area contributed by atoms with Gasteiger partial charge in [-0.1, -0.05) is 12.2 Å². The molecule has 3 aliphatic heterocycles. The van der Waals surface area contributed by atoms with E-state index in [1.807, 2.05) is 6.07 Å². The molecule has 161 valence electrons. The molecule has 4 atom stereocenters. The fraction of sp³-hybridized carbons (Fsp3) is 0.348. The number of carbonyl (C=O) groups excluding carboxylic acids is 1.